The molecule has 374 valence electrons. The van der Waals surface area contributed by atoms with Crippen molar-refractivity contribution in [1.82, 2.24) is 30.2 Å². The molecule has 71 heavy (non-hydrogen) atoms. The van der Waals surface area contributed by atoms with Gasteiger partial charge in [0.25, 0.3) is 11.8 Å². The van der Waals surface area contributed by atoms with Crippen LogP contribution in [0.5, 0.6) is 0 Å². The number of amides is 2. The van der Waals surface area contributed by atoms with Crippen molar-refractivity contribution >= 4 is 35.4 Å². The van der Waals surface area contributed by atoms with E-state index in [0.29, 0.717) is 60.1 Å². The number of hydrogen-bond donors (Lipinski definition) is 5. The van der Waals surface area contributed by atoms with Crippen LogP contribution in [0, 0.1) is 0 Å². The maximum absolute atomic E-state index is 13.3. The molecule has 5 N–H and O–H groups in total. The van der Waals surface area contributed by atoms with E-state index in [4.69, 9.17) is 9.84 Å². The number of anilines is 2. The number of carboxylic acid groups (broad SMARTS) is 1. The average molecular weight is 991 g/mol. The molecule has 0 saturated heterocycles. The molecule has 0 saturated carbocycles. The number of benzene rings is 4. The molecular formula is C49H48F6N8O8. The Morgan fingerprint density at radius 3 is 1.37 bits per heavy atom. The number of aliphatic hydroxyl groups is 2. The van der Waals surface area contributed by atoms with Crippen LogP contribution in [0.2, 0.25) is 0 Å². The maximum Gasteiger partial charge on any atom is 0.416 e. The second kappa shape index (κ2) is 21.1. The normalized spacial score (nSPS) is 14.0. The van der Waals surface area contributed by atoms with E-state index in [0.717, 1.165) is 29.8 Å². The SMILES string of the molecule is COC(=O)c1ccc([C@H](C)NC(=O)c2c(CO)nn3c2N(Cc2cccc(C(F)(F)F)c2)CC3)cc1.C[C@H](NC(=O)c1c(CO)nn2c1N(Cc1cccc(C(F)(F)F)c1)CC2)c1ccc(C(=O)O)cc1. The van der Waals surface area contributed by atoms with Gasteiger partial charge in [-0.25, -0.2) is 19.0 Å². The van der Waals surface area contributed by atoms with Gasteiger partial charge in [0, 0.05) is 26.2 Å². The Morgan fingerprint density at radius 1 is 0.620 bits per heavy atom. The molecule has 2 aliphatic heterocycles. The molecule has 6 aromatic rings. The van der Waals surface area contributed by atoms with Crippen LogP contribution in [0.4, 0.5) is 38.0 Å². The van der Waals surface area contributed by atoms with Gasteiger partial charge in [0.05, 0.1) is 67.8 Å². The molecule has 2 amide bonds. The van der Waals surface area contributed by atoms with E-state index in [1.165, 1.54) is 31.4 Å². The molecule has 2 aromatic heterocycles. The number of nitrogens with one attached hydrogen (secondary N) is 2. The number of halogens is 6. The first-order valence-electron chi connectivity index (χ1n) is 22.1. The van der Waals surface area contributed by atoms with Gasteiger partial charge < -0.3 is 40.5 Å². The minimum atomic E-state index is -4.46. The Bertz CT molecular complexity index is 2920. The number of carboxylic acids is 1. The molecule has 2 atom stereocenters. The molecule has 8 rings (SSSR count). The number of aliphatic hydroxyl groups excluding tert-OH is 2. The number of hydrogen-bond acceptors (Lipinski definition) is 11. The summed E-state index contributed by atoms with van der Waals surface area (Å²) in [4.78, 5) is 52.8. The molecule has 22 heteroatoms. The number of nitrogens with zero attached hydrogens (tertiary/aromatic N) is 6. The van der Waals surface area contributed by atoms with Crippen LogP contribution in [-0.2, 0) is 56.5 Å². The summed E-state index contributed by atoms with van der Waals surface area (Å²) in [7, 11) is 1.29. The lowest BCUT2D eigenvalue weighted by atomic mass is 10.1. The largest absolute Gasteiger partial charge is 0.478 e. The maximum atomic E-state index is 13.3. The van der Waals surface area contributed by atoms with E-state index in [1.54, 1.807) is 81.5 Å². The molecule has 0 fully saturated rings. The van der Waals surface area contributed by atoms with E-state index in [1.807, 2.05) is 0 Å². The number of ether oxygens (including phenoxy) is 1. The van der Waals surface area contributed by atoms with Crippen molar-refractivity contribution in [2.24, 2.45) is 0 Å². The Balaban J connectivity index is 0.000000209. The summed E-state index contributed by atoms with van der Waals surface area (Å²) in [6.45, 7) is 4.57. The zero-order chi connectivity index (χ0) is 51.4. The minimum absolute atomic E-state index is 0.120. The number of alkyl halides is 6. The van der Waals surface area contributed by atoms with E-state index in [2.05, 4.69) is 20.8 Å². The molecule has 4 aromatic carbocycles. The fourth-order valence-corrected chi connectivity index (χ4v) is 8.37. The van der Waals surface area contributed by atoms with Crippen LogP contribution in [0.15, 0.2) is 97.1 Å². The van der Waals surface area contributed by atoms with Gasteiger partial charge in [-0.1, -0.05) is 48.5 Å². The van der Waals surface area contributed by atoms with Crippen molar-refractivity contribution in [1.29, 1.82) is 0 Å². The van der Waals surface area contributed by atoms with Crippen LogP contribution >= 0.6 is 0 Å². The van der Waals surface area contributed by atoms with Crippen molar-refractivity contribution in [2.75, 3.05) is 30.0 Å². The van der Waals surface area contributed by atoms with Gasteiger partial charge in [-0.05, 0) is 84.6 Å². The van der Waals surface area contributed by atoms with E-state index < -0.39 is 72.5 Å². The lowest BCUT2D eigenvalue weighted by Gasteiger charge is -2.21. The smallest absolute Gasteiger partial charge is 0.416 e. The minimum Gasteiger partial charge on any atom is -0.478 e. The average Bonchev–Trinajstić information content (AvgIpc) is 4.12. The van der Waals surface area contributed by atoms with Gasteiger partial charge in [-0.15, -0.1) is 0 Å². The Morgan fingerprint density at radius 2 is 1.01 bits per heavy atom. The molecule has 0 bridgehead atoms. The number of aromatic carboxylic acids is 1. The first-order chi connectivity index (χ1) is 33.7. The molecule has 4 heterocycles. The van der Waals surface area contributed by atoms with Gasteiger partial charge in [-0.2, -0.15) is 36.5 Å². The van der Waals surface area contributed by atoms with Crippen molar-refractivity contribution in [3.8, 4) is 0 Å². The molecule has 0 unspecified atom stereocenters. The number of rotatable bonds is 14. The van der Waals surface area contributed by atoms with Crippen molar-refractivity contribution in [2.45, 2.75) is 77.7 Å². The van der Waals surface area contributed by atoms with E-state index >= 15 is 0 Å². The Labute approximate surface area is 402 Å². The fraction of sp³-hybridized carbons (Fsp3) is 0.306. The van der Waals surface area contributed by atoms with Crippen molar-refractivity contribution < 1.29 is 65.6 Å². The van der Waals surface area contributed by atoms with Gasteiger partial charge in [0.15, 0.2) is 0 Å². The zero-order valence-corrected chi connectivity index (χ0v) is 38.4. The highest BCUT2D eigenvalue weighted by Gasteiger charge is 2.36. The first kappa shape index (κ1) is 51.1. The monoisotopic (exact) mass is 990 g/mol. The standard InChI is InChI=1S/C25H25F3N4O4.C24H23F3N4O4/c1-15(17-6-8-18(9-7-17)24(35)36-2)29-22(34)21-20(14-33)30-32-11-10-31(23(21)32)13-16-4-3-5-19(12-16)25(26,27)28;1-14(16-5-7-17(8-6-16)23(34)35)28-21(33)20-19(13-32)29-31-10-9-30(22(20)31)12-15-3-2-4-18(11-15)24(25,26)27/h3-9,12,15,33H,10-11,13-14H2,1-2H3,(H,29,34);2-8,11,14,32H,9-10,12-13H2,1H3,(H,28,33)(H,34,35)/t15-;14-/m00/s1. The van der Waals surface area contributed by atoms with E-state index in [-0.39, 0.29) is 41.2 Å². The zero-order valence-electron chi connectivity index (χ0n) is 38.4. The Kier molecular flexibility index (Phi) is 15.2. The van der Waals surface area contributed by atoms with Crippen LogP contribution in [0.1, 0.15) is 112 Å². The highest BCUT2D eigenvalue weighted by atomic mass is 19.4. The first-order valence-corrected chi connectivity index (χ1v) is 22.1. The summed E-state index contributed by atoms with van der Waals surface area (Å²) in [6, 6.07) is 21.8. The van der Waals surface area contributed by atoms with Gasteiger partial charge in [0.2, 0.25) is 0 Å². The summed E-state index contributed by atoms with van der Waals surface area (Å²) in [5.41, 5.74) is 1.98. The Hall–Kier alpha value is -7.72. The quantitative estimate of drug-likeness (QED) is 0.0539. The second-order valence-corrected chi connectivity index (χ2v) is 16.7. The predicted molar refractivity (Wildman–Crippen MR) is 244 cm³/mol. The van der Waals surface area contributed by atoms with Crippen LogP contribution in [0.3, 0.4) is 0 Å². The number of esters is 1. The van der Waals surface area contributed by atoms with E-state index in [9.17, 15) is 55.7 Å². The number of methoxy groups -OCH3 is 1. The predicted octanol–water partition coefficient (Wildman–Crippen LogP) is 7.30. The van der Waals surface area contributed by atoms with Crippen LogP contribution in [0.25, 0.3) is 0 Å². The lowest BCUT2D eigenvalue weighted by Crippen LogP contribution is -2.30. The molecule has 0 aliphatic carbocycles. The molecule has 0 radical (unpaired) electrons. The fourth-order valence-electron chi connectivity index (χ4n) is 8.37. The molecule has 2 aliphatic rings. The number of aromatic nitrogens is 4. The van der Waals surface area contributed by atoms with Crippen LogP contribution < -0.4 is 20.4 Å². The van der Waals surface area contributed by atoms with Crippen molar-refractivity contribution in [3.63, 3.8) is 0 Å². The summed E-state index contributed by atoms with van der Waals surface area (Å²) in [6.07, 6.45) is -8.92. The summed E-state index contributed by atoms with van der Waals surface area (Å²) in [5, 5.41) is 43.1. The summed E-state index contributed by atoms with van der Waals surface area (Å²) >= 11 is 0. The summed E-state index contributed by atoms with van der Waals surface area (Å²) in [5.74, 6) is -1.62. The molecule has 0 spiro atoms. The highest BCUT2D eigenvalue weighted by Crippen LogP contribution is 2.35. The number of fused-ring (bicyclic) bond motifs is 2. The summed E-state index contributed by atoms with van der Waals surface area (Å²) < 4.78 is 86.7. The van der Waals surface area contributed by atoms with Gasteiger partial charge in [0.1, 0.15) is 34.2 Å². The van der Waals surface area contributed by atoms with Crippen LogP contribution in [-0.4, -0.2) is 78.8 Å². The van der Waals surface area contributed by atoms with Gasteiger partial charge >= 0.3 is 24.3 Å². The lowest BCUT2D eigenvalue weighted by molar-refractivity contribution is -0.138. The number of carbonyl (C=O) groups excluding carboxylic acids is 3. The highest BCUT2D eigenvalue weighted by molar-refractivity contribution is 6.01. The van der Waals surface area contributed by atoms with Gasteiger partial charge in [-0.3, -0.25) is 9.59 Å². The third-order valence-electron chi connectivity index (χ3n) is 12.0. The van der Waals surface area contributed by atoms with Crippen molar-refractivity contribution in [3.05, 3.63) is 164 Å². The molecular weight excluding hydrogens is 943 g/mol. The second-order valence-electron chi connectivity index (χ2n) is 16.7. The number of carbonyl (C=O) groups is 4. The third-order valence-corrected chi connectivity index (χ3v) is 12.0. The topological polar surface area (TPSA) is 204 Å². The molecule has 16 nitrogen and oxygen atoms in total. The third kappa shape index (κ3) is 11.5.